The van der Waals surface area contributed by atoms with Crippen LogP contribution in [0, 0.1) is 52.3 Å². The Kier molecular flexibility index (Phi) is 7.18. The predicted octanol–water partition coefficient (Wildman–Crippen LogP) is 7.61. The molecule has 0 saturated heterocycles. The van der Waals surface area contributed by atoms with E-state index >= 15 is 0 Å². The molecule has 32 heavy (non-hydrogen) atoms. The molecule has 186 valence electrons. The van der Waals surface area contributed by atoms with Gasteiger partial charge in [0.1, 0.15) is 0 Å². The number of aliphatic hydroxyl groups excluding tert-OH is 1. The van der Waals surface area contributed by atoms with E-state index in [0.717, 1.165) is 61.2 Å². The van der Waals surface area contributed by atoms with E-state index in [1.165, 1.54) is 57.8 Å². The van der Waals surface area contributed by atoms with Crippen LogP contribution in [0.25, 0.3) is 0 Å². The Morgan fingerprint density at radius 2 is 1.59 bits per heavy atom. The maximum Gasteiger partial charge on any atom is 0.0648 e. The molecule has 2 N–H and O–H groups in total. The topological polar surface area (TPSA) is 40.5 Å². The maximum atomic E-state index is 11.1. The first-order valence-electron chi connectivity index (χ1n) is 14.5. The average Bonchev–Trinajstić information content (AvgIpc) is 3.18. The van der Waals surface area contributed by atoms with Gasteiger partial charge in [-0.15, -0.1) is 0 Å². The van der Waals surface area contributed by atoms with Crippen LogP contribution in [0.5, 0.6) is 0 Å². The summed E-state index contributed by atoms with van der Waals surface area (Å²) >= 11 is 0. The van der Waals surface area contributed by atoms with Crippen LogP contribution in [-0.2, 0) is 0 Å². The van der Waals surface area contributed by atoms with E-state index in [4.69, 9.17) is 0 Å². The summed E-state index contributed by atoms with van der Waals surface area (Å²) in [4.78, 5) is 0. The van der Waals surface area contributed by atoms with Crippen molar-refractivity contribution in [3.8, 4) is 0 Å². The van der Waals surface area contributed by atoms with Crippen LogP contribution in [0.1, 0.15) is 125 Å². The Morgan fingerprint density at radius 3 is 2.25 bits per heavy atom. The number of fused-ring (bicyclic) bond motifs is 5. The van der Waals surface area contributed by atoms with Gasteiger partial charge in [-0.3, -0.25) is 0 Å². The number of hydrogen-bond acceptors (Lipinski definition) is 2. The van der Waals surface area contributed by atoms with Gasteiger partial charge in [0.2, 0.25) is 0 Å². The third-order valence-electron chi connectivity index (χ3n) is 12.3. The molecule has 0 spiro atoms. The Balaban J connectivity index is 1.49. The largest absolute Gasteiger partial charge is 0.393 e. The van der Waals surface area contributed by atoms with Gasteiger partial charge in [0.05, 0.1) is 11.7 Å². The van der Waals surface area contributed by atoms with Crippen molar-refractivity contribution in [3.63, 3.8) is 0 Å². The first-order chi connectivity index (χ1) is 15.1. The zero-order chi connectivity index (χ0) is 23.3. The summed E-state index contributed by atoms with van der Waals surface area (Å²) in [5, 5.41) is 21.5. The van der Waals surface area contributed by atoms with Crippen LogP contribution in [0.4, 0.5) is 0 Å². The van der Waals surface area contributed by atoms with E-state index in [-0.39, 0.29) is 11.7 Å². The minimum absolute atomic E-state index is 0.133. The van der Waals surface area contributed by atoms with Crippen LogP contribution in [0.3, 0.4) is 0 Å². The van der Waals surface area contributed by atoms with Gasteiger partial charge in [-0.2, -0.15) is 0 Å². The molecule has 0 radical (unpaired) electrons. The molecule has 10 atom stereocenters. The van der Waals surface area contributed by atoms with Gasteiger partial charge in [0, 0.05) is 0 Å². The third kappa shape index (κ3) is 4.02. The zero-order valence-corrected chi connectivity index (χ0v) is 22.2. The second kappa shape index (κ2) is 9.18. The van der Waals surface area contributed by atoms with E-state index in [0.29, 0.717) is 16.7 Å². The number of rotatable bonds is 7. The highest BCUT2D eigenvalue weighted by molar-refractivity contribution is 5.11. The third-order valence-corrected chi connectivity index (χ3v) is 12.3. The van der Waals surface area contributed by atoms with Crippen molar-refractivity contribution in [3.05, 3.63) is 0 Å². The average molecular weight is 447 g/mol. The molecule has 0 aromatic rings. The lowest BCUT2D eigenvalue weighted by molar-refractivity contribution is -0.156. The lowest BCUT2D eigenvalue weighted by Crippen LogP contribution is -2.56. The Labute approximate surface area is 199 Å². The van der Waals surface area contributed by atoms with Crippen LogP contribution in [0.15, 0.2) is 0 Å². The zero-order valence-electron chi connectivity index (χ0n) is 22.2. The van der Waals surface area contributed by atoms with Crippen molar-refractivity contribution >= 4 is 0 Å². The normalized spacial score (nSPS) is 48.1. The molecular weight excluding hydrogens is 392 g/mol. The fraction of sp³-hybridized carbons (Fsp3) is 1.00. The smallest absolute Gasteiger partial charge is 0.0648 e. The van der Waals surface area contributed by atoms with Crippen molar-refractivity contribution in [2.24, 2.45) is 52.3 Å². The Hall–Kier alpha value is -0.0800. The van der Waals surface area contributed by atoms with E-state index in [2.05, 4.69) is 41.5 Å². The number of hydrogen-bond donors (Lipinski definition) is 2. The van der Waals surface area contributed by atoms with Gasteiger partial charge in [-0.05, 0) is 136 Å². The maximum absolute atomic E-state index is 11.1. The van der Waals surface area contributed by atoms with Crippen molar-refractivity contribution in [2.75, 3.05) is 0 Å². The van der Waals surface area contributed by atoms with Crippen molar-refractivity contribution in [2.45, 2.75) is 137 Å². The highest BCUT2D eigenvalue weighted by atomic mass is 16.3. The van der Waals surface area contributed by atoms with Gasteiger partial charge < -0.3 is 10.2 Å². The molecule has 4 aliphatic rings. The highest BCUT2D eigenvalue weighted by Gasteiger charge is 2.62. The summed E-state index contributed by atoms with van der Waals surface area (Å²) in [5.74, 6) is 5.47. The van der Waals surface area contributed by atoms with Gasteiger partial charge >= 0.3 is 0 Å². The van der Waals surface area contributed by atoms with Gasteiger partial charge in [-0.1, -0.05) is 41.5 Å². The monoisotopic (exact) mass is 446 g/mol. The molecule has 3 unspecified atom stereocenters. The summed E-state index contributed by atoms with van der Waals surface area (Å²) in [7, 11) is 0. The summed E-state index contributed by atoms with van der Waals surface area (Å²) in [5.41, 5.74) is 0.647. The van der Waals surface area contributed by atoms with Crippen LogP contribution < -0.4 is 0 Å². The molecule has 4 fully saturated rings. The standard InChI is InChI=1S/C30H54O2/c1-7-29(32)18-17-28(6)22(19-29)10-11-23-25(28)15-16-30(8-2)24(12-13-26(23)30)21(5)9-14-27(31)20(3)4/h20-27,31-32H,7-19H2,1-6H3/t21-,22+,23?,24-,25?,26?,27+,28+,29+,30-/m1/s1. The molecule has 0 aliphatic heterocycles. The fourth-order valence-electron chi connectivity index (χ4n) is 10.0. The molecule has 2 nitrogen and oxygen atoms in total. The molecule has 4 rings (SSSR count). The molecule has 2 heteroatoms. The van der Waals surface area contributed by atoms with E-state index < -0.39 is 0 Å². The first-order valence-corrected chi connectivity index (χ1v) is 14.5. The second-order valence-electron chi connectivity index (χ2n) is 13.6. The van der Waals surface area contributed by atoms with E-state index in [1.807, 2.05) is 0 Å². The van der Waals surface area contributed by atoms with E-state index in [9.17, 15) is 10.2 Å². The van der Waals surface area contributed by atoms with Gasteiger partial charge in [-0.25, -0.2) is 0 Å². The second-order valence-corrected chi connectivity index (χ2v) is 13.6. The fourth-order valence-corrected chi connectivity index (χ4v) is 10.0. The predicted molar refractivity (Wildman–Crippen MR) is 134 cm³/mol. The molecule has 0 aromatic carbocycles. The minimum atomic E-state index is -0.382. The van der Waals surface area contributed by atoms with Crippen molar-refractivity contribution in [1.82, 2.24) is 0 Å². The van der Waals surface area contributed by atoms with Crippen molar-refractivity contribution < 1.29 is 10.2 Å². The molecule has 4 saturated carbocycles. The quantitative estimate of drug-likeness (QED) is 0.422. The molecule has 0 aromatic heterocycles. The minimum Gasteiger partial charge on any atom is -0.393 e. The van der Waals surface area contributed by atoms with Crippen LogP contribution >= 0.6 is 0 Å². The summed E-state index contributed by atoms with van der Waals surface area (Å²) < 4.78 is 0. The molecule has 4 aliphatic carbocycles. The van der Waals surface area contributed by atoms with Crippen LogP contribution in [-0.4, -0.2) is 21.9 Å². The first kappa shape index (κ1) is 25.0. The molecule has 0 bridgehead atoms. The van der Waals surface area contributed by atoms with Gasteiger partial charge in [0.25, 0.3) is 0 Å². The Morgan fingerprint density at radius 1 is 0.844 bits per heavy atom. The summed E-state index contributed by atoms with van der Waals surface area (Å²) in [6.07, 6.45) is 16.2. The molecular formula is C30H54O2. The van der Waals surface area contributed by atoms with Gasteiger partial charge in [0.15, 0.2) is 0 Å². The van der Waals surface area contributed by atoms with E-state index in [1.54, 1.807) is 0 Å². The number of aliphatic hydroxyl groups is 2. The molecule has 0 amide bonds. The highest BCUT2D eigenvalue weighted by Crippen LogP contribution is 2.70. The lowest BCUT2D eigenvalue weighted by atomic mass is 9.43. The SMILES string of the molecule is CC[C@]1(O)CC[C@]2(C)C3CC[C@@]4(CC)C(CC[C@@H]4[C@H](C)CC[C@H](O)C(C)C)C3CC[C@H]2C1. The molecule has 0 heterocycles. The Bertz CT molecular complexity index is 645. The van der Waals surface area contributed by atoms with Crippen LogP contribution in [0.2, 0.25) is 0 Å². The summed E-state index contributed by atoms with van der Waals surface area (Å²) in [6.45, 7) is 14.1. The van der Waals surface area contributed by atoms with Crippen molar-refractivity contribution in [1.29, 1.82) is 0 Å². The summed E-state index contributed by atoms with van der Waals surface area (Å²) in [6, 6.07) is 0. The lowest BCUT2D eigenvalue weighted by Gasteiger charge is -2.63.